The van der Waals surface area contributed by atoms with Gasteiger partial charge < -0.3 is 4.74 Å². The Hall–Kier alpha value is -0.0900. The molecule has 2 nitrogen and oxygen atoms in total. The summed E-state index contributed by atoms with van der Waals surface area (Å²) in [4.78, 5) is 10.9. The van der Waals surface area contributed by atoms with E-state index in [2.05, 4.69) is 25.3 Å². The molecule has 0 aromatic carbocycles. The first kappa shape index (κ1) is 11.9. The van der Waals surface area contributed by atoms with Crippen LogP contribution in [0.15, 0.2) is 12.2 Å². The zero-order valence-corrected chi connectivity index (χ0v) is 9.07. The van der Waals surface area contributed by atoms with Gasteiger partial charge in [-0.25, -0.2) is 4.79 Å². The minimum absolute atomic E-state index is 0.342. The first-order valence-corrected chi connectivity index (χ1v) is 4.66. The van der Waals surface area contributed by atoms with Crippen LogP contribution < -0.4 is 0 Å². The van der Waals surface area contributed by atoms with Gasteiger partial charge in [0.2, 0.25) is 0 Å². The van der Waals surface area contributed by atoms with Crippen LogP contribution in [0.3, 0.4) is 0 Å². The van der Waals surface area contributed by atoms with E-state index in [1.54, 1.807) is 13.0 Å². The monoisotopic (exact) mass is 206 g/mol. The van der Waals surface area contributed by atoms with Gasteiger partial charge in [0.15, 0.2) is 0 Å². The van der Waals surface area contributed by atoms with Gasteiger partial charge in [-0.15, -0.1) is 0 Å². The smallest absolute Gasteiger partial charge is 0.330 e. The fourth-order valence-corrected chi connectivity index (χ4v) is 0.626. The third-order valence-corrected chi connectivity index (χ3v) is 1.28. The van der Waals surface area contributed by atoms with Crippen molar-refractivity contribution in [1.29, 1.82) is 0 Å². The van der Waals surface area contributed by atoms with Crippen molar-refractivity contribution in [2.75, 3.05) is 6.61 Å². The molecule has 0 fully saturated rings. The summed E-state index contributed by atoms with van der Waals surface area (Å²) >= 11 is 8.18. The second-order valence-electron chi connectivity index (χ2n) is 2.59. The molecule has 0 saturated carbocycles. The third kappa shape index (κ3) is 8.01. The number of hydrogen-bond acceptors (Lipinski definition) is 4. The van der Waals surface area contributed by atoms with Crippen molar-refractivity contribution in [3.8, 4) is 0 Å². The molecule has 0 unspecified atom stereocenters. The van der Waals surface area contributed by atoms with E-state index >= 15 is 0 Å². The minimum atomic E-state index is -0.564. The molecule has 0 heterocycles. The molecular weight excluding hydrogens is 192 g/mol. The lowest BCUT2D eigenvalue weighted by molar-refractivity contribution is -0.137. The van der Waals surface area contributed by atoms with Crippen LogP contribution >= 0.6 is 25.3 Å². The molecule has 0 atom stereocenters. The Morgan fingerprint density at radius 2 is 2.17 bits per heavy atom. The summed E-state index contributed by atoms with van der Waals surface area (Å²) < 4.78 is 4.23. The van der Waals surface area contributed by atoms with Gasteiger partial charge in [0.1, 0.15) is 0 Å². The van der Waals surface area contributed by atoms with Gasteiger partial charge in [-0.2, -0.15) is 25.3 Å². The quantitative estimate of drug-likeness (QED) is 0.319. The first-order valence-electron chi connectivity index (χ1n) is 3.76. The zero-order chi connectivity index (χ0) is 9.61. The molecule has 70 valence electrons. The highest BCUT2D eigenvalue weighted by molar-refractivity contribution is 8.00. The number of hydrogen-bond donors (Lipinski definition) is 2. The highest BCUT2D eigenvalue weighted by atomic mass is 32.2. The lowest BCUT2D eigenvalue weighted by Gasteiger charge is -2.08. The Morgan fingerprint density at radius 1 is 1.58 bits per heavy atom. The largest absolute Gasteiger partial charge is 0.463 e. The maximum absolute atomic E-state index is 10.9. The number of ether oxygens (including phenoxy) is 1. The van der Waals surface area contributed by atoms with E-state index in [1.807, 2.05) is 6.92 Å². The molecule has 0 spiro atoms. The number of esters is 1. The van der Waals surface area contributed by atoms with Crippen molar-refractivity contribution in [3.05, 3.63) is 12.2 Å². The van der Waals surface area contributed by atoms with Crippen LogP contribution in [-0.2, 0) is 9.53 Å². The molecule has 0 saturated heterocycles. The summed E-state index contributed by atoms with van der Waals surface area (Å²) in [5.41, 5.74) is 0. The molecule has 0 amide bonds. The van der Waals surface area contributed by atoms with Crippen molar-refractivity contribution in [2.24, 2.45) is 0 Å². The van der Waals surface area contributed by atoms with E-state index in [0.29, 0.717) is 6.61 Å². The van der Waals surface area contributed by atoms with E-state index in [0.717, 1.165) is 6.42 Å². The van der Waals surface area contributed by atoms with Crippen LogP contribution in [0.4, 0.5) is 0 Å². The second-order valence-corrected chi connectivity index (χ2v) is 4.81. The standard InChI is InChI=1S/C8H14O2S2/c1-3-6-10-7(9)4-5-8(2,11)12/h4-5,11-12H,3,6H2,1-2H3/b5-4+. The first-order chi connectivity index (χ1) is 5.45. The average Bonchev–Trinajstić information content (AvgIpc) is 1.95. The number of thiol groups is 2. The number of carbonyl (C=O) groups is 1. The molecule has 0 bridgehead atoms. The van der Waals surface area contributed by atoms with Gasteiger partial charge in [0.25, 0.3) is 0 Å². The Morgan fingerprint density at radius 3 is 2.58 bits per heavy atom. The fourth-order valence-electron chi connectivity index (χ4n) is 0.477. The summed E-state index contributed by atoms with van der Waals surface area (Å²) in [7, 11) is 0. The Kier molecular flexibility index (Phi) is 5.50. The van der Waals surface area contributed by atoms with Gasteiger partial charge in [-0.3, -0.25) is 0 Å². The molecule has 0 radical (unpaired) electrons. The maximum atomic E-state index is 10.9. The predicted molar refractivity (Wildman–Crippen MR) is 56.8 cm³/mol. The third-order valence-electron chi connectivity index (χ3n) is 0.984. The van der Waals surface area contributed by atoms with E-state index in [-0.39, 0.29) is 5.97 Å². The highest BCUT2D eigenvalue weighted by Gasteiger charge is 2.07. The van der Waals surface area contributed by atoms with Crippen molar-refractivity contribution in [1.82, 2.24) is 0 Å². The van der Waals surface area contributed by atoms with Crippen molar-refractivity contribution < 1.29 is 9.53 Å². The van der Waals surface area contributed by atoms with Crippen LogP contribution in [0.5, 0.6) is 0 Å². The molecule has 0 aliphatic rings. The molecule has 0 aromatic rings. The van der Waals surface area contributed by atoms with Crippen molar-refractivity contribution in [2.45, 2.75) is 24.3 Å². The van der Waals surface area contributed by atoms with Crippen LogP contribution in [-0.4, -0.2) is 16.7 Å². The van der Waals surface area contributed by atoms with Gasteiger partial charge in [-0.1, -0.05) is 13.0 Å². The van der Waals surface area contributed by atoms with Crippen LogP contribution in [0.1, 0.15) is 20.3 Å². The normalized spacial score (nSPS) is 12.0. The number of rotatable bonds is 4. The van der Waals surface area contributed by atoms with Gasteiger partial charge in [0, 0.05) is 6.08 Å². The van der Waals surface area contributed by atoms with Gasteiger partial charge in [-0.05, 0) is 13.3 Å². The topological polar surface area (TPSA) is 26.3 Å². The van der Waals surface area contributed by atoms with Gasteiger partial charge in [0.05, 0.1) is 10.7 Å². The summed E-state index contributed by atoms with van der Waals surface area (Å²) in [5.74, 6) is -0.342. The number of carbonyl (C=O) groups excluding carboxylic acids is 1. The summed E-state index contributed by atoms with van der Waals surface area (Å²) in [6, 6.07) is 0. The molecule has 0 aliphatic carbocycles. The fraction of sp³-hybridized carbons (Fsp3) is 0.625. The van der Waals surface area contributed by atoms with E-state index in [1.165, 1.54) is 6.08 Å². The van der Waals surface area contributed by atoms with E-state index in [9.17, 15) is 4.79 Å². The van der Waals surface area contributed by atoms with E-state index in [4.69, 9.17) is 4.74 Å². The van der Waals surface area contributed by atoms with Crippen molar-refractivity contribution >= 4 is 31.2 Å². The summed E-state index contributed by atoms with van der Waals surface area (Å²) in [5, 5.41) is 0. The Balaban J connectivity index is 3.76. The molecule has 12 heavy (non-hydrogen) atoms. The van der Waals surface area contributed by atoms with Crippen molar-refractivity contribution in [3.63, 3.8) is 0 Å². The maximum Gasteiger partial charge on any atom is 0.330 e. The molecular formula is C8H14O2S2. The molecule has 0 rings (SSSR count). The highest BCUT2D eigenvalue weighted by Crippen LogP contribution is 2.19. The second kappa shape index (κ2) is 5.54. The lowest BCUT2D eigenvalue weighted by Crippen LogP contribution is -2.05. The van der Waals surface area contributed by atoms with Gasteiger partial charge >= 0.3 is 5.97 Å². The average molecular weight is 206 g/mol. The zero-order valence-electron chi connectivity index (χ0n) is 7.28. The Labute approximate surface area is 84.2 Å². The molecule has 0 aliphatic heterocycles. The van der Waals surface area contributed by atoms with Crippen LogP contribution in [0, 0.1) is 0 Å². The molecule has 0 aromatic heterocycles. The molecule has 4 heteroatoms. The molecule has 0 N–H and O–H groups in total. The summed E-state index contributed by atoms with van der Waals surface area (Å²) in [6.45, 7) is 4.17. The van der Waals surface area contributed by atoms with E-state index < -0.39 is 4.08 Å². The van der Waals surface area contributed by atoms with Crippen LogP contribution in [0.2, 0.25) is 0 Å². The summed E-state index contributed by atoms with van der Waals surface area (Å²) in [6.07, 6.45) is 3.76. The predicted octanol–water partition coefficient (Wildman–Crippen LogP) is 2.07. The minimum Gasteiger partial charge on any atom is -0.463 e. The lowest BCUT2D eigenvalue weighted by atomic mass is 10.4. The SMILES string of the molecule is CCCOC(=O)/C=C/C(C)(S)S. The Bertz CT molecular complexity index is 170. The van der Waals surface area contributed by atoms with Crippen LogP contribution in [0.25, 0.3) is 0 Å².